The Morgan fingerprint density at radius 3 is 2.59 bits per heavy atom. The first-order valence-electron chi connectivity index (χ1n) is 11.6. The SMILES string of the molecule is COc1ccc(N(C)c2cc(C)nc3ccccc23)cc1NC(=O)CCCCCCSC(C)=O. The van der Waals surface area contributed by atoms with Crippen LogP contribution in [-0.2, 0) is 9.59 Å². The molecular formula is C27H33N3O3S. The van der Waals surface area contributed by atoms with Gasteiger partial charge >= 0.3 is 0 Å². The first-order valence-corrected chi connectivity index (χ1v) is 12.6. The maximum atomic E-state index is 12.6. The van der Waals surface area contributed by atoms with Gasteiger partial charge in [-0.15, -0.1) is 0 Å². The van der Waals surface area contributed by atoms with E-state index in [-0.39, 0.29) is 11.0 Å². The van der Waals surface area contributed by atoms with E-state index in [2.05, 4.69) is 27.3 Å². The van der Waals surface area contributed by atoms with Crippen LogP contribution in [0.4, 0.5) is 17.1 Å². The fourth-order valence-electron chi connectivity index (χ4n) is 3.87. The molecule has 1 heterocycles. The fourth-order valence-corrected chi connectivity index (χ4v) is 4.51. The summed E-state index contributed by atoms with van der Waals surface area (Å²) in [5.41, 5.74) is 4.54. The highest BCUT2D eigenvalue weighted by Gasteiger charge is 2.14. The number of anilines is 3. The smallest absolute Gasteiger partial charge is 0.224 e. The molecule has 0 atom stereocenters. The summed E-state index contributed by atoms with van der Waals surface area (Å²) in [5, 5.41) is 4.25. The topological polar surface area (TPSA) is 71.5 Å². The van der Waals surface area contributed by atoms with Crippen LogP contribution in [0.2, 0.25) is 0 Å². The summed E-state index contributed by atoms with van der Waals surface area (Å²) in [5.74, 6) is 1.45. The van der Waals surface area contributed by atoms with E-state index in [0.29, 0.717) is 17.9 Å². The second-order valence-electron chi connectivity index (χ2n) is 8.30. The molecule has 7 heteroatoms. The largest absolute Gasteiger partial charge is 0.495 e. The van der Waals surface area contributed by atoms with E-state index >= 15 is 0 Å². The van der Waals surface area contributed by atoms with Gasteiger partial charge < -0.3 is 15.0 Å². The number of carbonyl (C=O) groups excluding carboxylic acids is 2. The first-order chi connectivity index (χ1) is 16.4. The highest BCUT2D eigenvalue weighted by Crippen LogP contribution is 2.35. The maximum absolute atomic E-state index is 12.6. The molecule has 0 saturated carbocycles. The van der Waals surface area contributed by atoms with Crippen molar-refractivity contribution in [2.75, 3.05) is 30.1 Å². The van der Waals surface area contributed by atoms with Gasteiger partial charge in [-0.25, -0.2) is 0 Å². The molecule has 180 valence electrons. The predicted molar refractivity (Wildman–Crippen MR) is 142 cm³/mol. The Morgan fingerprint density at radius 2 is 1.82 bits per heavy atom. The van der Waals surface area contributed by atoms with Crippen molar-refractivity contribution in [3.8, 4) is 5.75 Å². The van der Waals surface area contributed by atoms with Gasteiger partial charge in [0.05, 0.1) is 24.0 Å². The van der Waals surface area contributed by atoms with Gasteiger partial charge in [-0.05, 0) is 50.1 Å². The average Bonchev–Trinajstić information content (AvgIpc) is 2.82. The third kappa shape index (κ3) is 6.97. The standard InChI is InChI=1S/C27H33N3O3S/c1-19-17-25(22-11-8-9-12-23(22)28-19)30(3)21-14-15-26(33-4)24(18-21)29-27(32)13-7-5-6-10-16-34-20(2)31/h8-9,11-12,14-15,17-18H,5-7,10,13,16H2,1-4H3,(H,29,32). The minimum absolute atomic E-state index is 0.0265. The summed E-state index contributed by atoms with van der Waals surface area (Å²) in [6, 6.07) is 16.0. The lowest BCUT2D eigenvalue weighted by Gasteiger charge is -2.23. The quantitative estimate of drug-likeness (QED) is 0.317. The van der Waals surface area contributed by atoms with Crippen LogP contribution in [0.3, 0.4) is 0 Å². The molecule has 0 aliphatic rings. The van der Waals surface area contributed by atoms with Crippen molar-refractivity contribution >= 4 is 50.7 Å². The Balaban J connectivity index is 1.67. The Hall–Kier alpha value is -3.06. The molecule has 0 saturated heterocycles. The molecule has 0 unspecified atom stereocenters. The molecule has 0 fully saturated rings. The Kier molecular flexibility index (Phi) is 9.33. The summed E-state index contributed by atoms with van der Waals surface area (Å²) >= 11 is 1.37. The lowest BCUT2D eigenvalue weighted by Crippen LogP contribution is -2.14. The number of pyridine rings is 1. The molecule has 1 aromatic heterocycles. The highest BCUT2D eigenvalue weighted by molar-refractivity contribution is 8.13. The normalized spacial score (nSPS) is 10.8. The highest BCUT2D eigenvalue weighted by atomic mass is 32.2. The summed E-state index contributed by atoms with van der Waals surface area (Å²) in [7, 11) is 3.62. The van der Waals surface area contributed by atoms with Gasteiger partial charge in [0, 0.05) is 42.9 Å². The van der Waals surface area contributed by atoms with Crippen molar-refractivity contribution < 1.29 is 14.3 Å². The van der Waals surface area contributed by atoms with Gasteiger partial charge in [0.1, 0.15) is 5.75 Å². The number of benzene rings is 2. The van der Waals surface area contributed by atoms with Crippen LogP contribution in [0, 0.1) is 6.92 Å². The molecule has 3 rings (SSSR count). The van der Waals surface area contributed by atoms with Crippen LogP contribution in [0.25, 0.3) is 10.9 Å². The lowest BCUT2D eigenvalue weighted by atomic mass is 10.1. The van der Waals surface area contributed by atoms with E-state index in [4.69, 9.17) is 4.74 Å². The zero-order valence-electron chi connectivity index (χ0n) is 20.4. The van der Waals surface area contributed by atoms with Crippen molar-refractivity contribution in [2.24, 2.45) is 0 Å². The van der Waals surface area contributed by atoms with Crippen LogP contribution in [0.5, 0.6) is 5.75 Å². The number of nitrogens with zero attached hydrogens (tertiary/aromatic N) is 2. The molecule has 0 aliphatic carbocycles. The molecule has 0 radical (unpaired) electrons. The number of methoxy groups -OCH3 is 1. The zero-order chi connectivity index (χ0) is 24.5. The van der Waals surface area contributed by atoms with E-state index in [1.807, 2.05) is 50.4 Å². The average molecular weight is 480 g/mol. The van der Waals surface area contributed by atoms with E-state index < -0.39 is 0 Å². The molecule has 6 nitrogen and oxygen atoms in total. The second-order valence-corrected chi connectivity index (χ2v) is 9.57. The van der Waals surface area contributed by atoms with Crippen molar-refractivity contribution in [1.29, 1.82) is 0 Å². The van der Waals surface area contributed by atoms with Crippen LogP contribution in [0.1, 0.15) is 44.7 Å². The first kappa shape index (κ1) is 25.6. The fraction of sp³-hybridized carbons (Fsp3) is 0.370. The molecule has 1 amide bonds. The van der Waals surface area contributed by atoms with Crippen molar-refractivity contribution in [3.63, 3.8) is 0 Å². The summed E-state index contributed by atoms with van der Waals surface area (Å²) in [6.45, 7) is 3.59. The molecule has 34 heavy (non-hydrogen) atoms. The van der Waals surface area contributed by atoms with Crippen LogP contribution in [0.15, 0.2) is 48.5 Å². The second kappa shape index (κ2) is 12.4. The molecule has 3 aromatic rings. The van der Waals surface area contributed by atoms with Gasteiger partial charge in [0.25, 0.3) is 0 Å². The molecular weight excluding hydrogens is 446 g/mol. The Labute approximate surface area is 206 Å². The molecule has 0 bridgehead atoms. The number of hydrogen-bond donors (Lipinski definition) is 1. The number of rotatable bonds is 11. The third-order valence-corrected chi connectivity index (χ3v) is 6.53. The number of aryl methyl sites for hydroxylation is 1. The van der Waals surface area contributed by atoms with E-state index in [1.54, 1.807) is 14.0 Å². The van der Waals surface area contributed by atoms with Gasteiger partial charge in [-0.3, -0.25) is 14.6 Å². The van der Waals surface area contributed by atoms with E-state index in [0.717, 1.165) is 59.4 Å². The van der Waals surface area contributed by atoms with Gasteiger partial charge in [-0.2, -0.15) is 0 Å². The third-order valence-electron chi connectivity index (χ3n) is 5.63. The predicted octanol–water partition coefficient (Wildman–Crippen LogP) is 6.49. The Bertz CT molecular complexity index is 1150. The lowest BCUT2D eigenvalue weighted by molar-refractivity contribution is -0.116. The number of hydrogen-bond acceptors (Lipinski definition) is 6. The number of nitrogens with one attached hydrogen (secondary N) is 1. The molecule has 0 spiro atoms. The van der Waals surface area contributed by atoms with Gasteiger partial charge in [-0.1, -0.05) is 42.8 Å². The van der Waals surface area contributed by atoms with Crippen LogP contribution in [-0.4, -0.2) is 35.9 Å². The van der Waals surface area contributed by atoms with E-state index in [1.165, 1.54) is 11.8 Å². The molecule has 0 aliphatic heterocycles. The van der Waals surface area contributed by atoms with Crippen LogP contribution >= 0.6 is 11.8 Å². The minimum atomic E-state index is -0.0265. The number of para-hydroxylation sites is 1. The number of carbonyl (C=O) groups is 2. The van der Waals surface area contributed by atoms with Crippen molar-refractivity contribution in [1.82, 2.24) is 4.98 Å². The molecule has 1 N–H and O–H groups in total. The van der Waals surface area contributed by atoms with Gasteiger partial charge in [0.2, 0.25) is 5.91 Å². The monoisotopic (exact) mass is 479 g/mol. The molecule has 2 aromatic carbocycles. The minimum Gasteiger partial charge on any atom is -0.495 e. The van der Waals surface area contributed by atoms with Crippen molar-refractivity contribution in [3.05, 3.63) is 54.2 Å². The number of ether oxygens (including phenoxy) is 1. The number of aromatic nitrogens is 1. The summed E-state index contributed by atoms with van der Waals surface area (Å²) in [6.07, 6.45) is 4.27. The number of unbranched alkanes of at least 4 members (excludes halogenated alkanes) is 3. The van der Waals surface area contributed by atoms with E-state index in [9.17, 15) is 9.59 Å². The number of thioether (sulfide) groups is 1. The van der Waals surface area contributed by atoms with Crippen molar-refractivity contribution in [2.45, 2.75) is 46.0 Å². The van der Waals surface area contributed by atoms with Crippen LogP contribution < -0.4 is 15.0 Å². The number of fused-ring (bicyclic) bond motifs is 1. The van der Waals surface area contributed by atoms with Gasteiger partial charge in [0.15, 0.2) is 5.12 Å². The zero-order valence-corrected chi connectivity index (χ0v) is 21.2. The summed E-state index contributed by atoms with van der Waals surface area (Å²) in [4.78, 5) is 30.3. The number of amides is 1. The Morgan fingerprint density at radius 1 is 1.06 bits per heavy atom. The maximum Gasteiger partial charge on any atom is 0.224 e. The summed E-state index contributed by atoms with van der Waals surface area (Å²) < 4.78 is 5.49.